The minimum Gasteiger partial charge on any atom is -0.356 e. The fraction of sp³-hybridized carbons (Fsp3) is 0.722. The highest BCUT2D eigenvalue weighted by Crippen LogP contribution is 2.17. The highest BCUT2D eigenvalue weighted by molar-refractivity contribution is 5.83. The first kappa shape index (κ1) is 19.4. The van der Waals surface area contributed by atoms with Crippen LogP contribution in [-0.4, -0.2) is 71.4 Å². The summed E-state index contributed by atoms with van der Waals surface area (Å²) >= 11 is 0. The molecule has 0 radical (unpaired) electrons. The first-order chi connectivity index (χ1) is 12.0. The monoisotopic (exact) mass is 349 g/mol. The minimum absolute atomic E-state index is 0.0729. The van der Waals surface area contributed by atoms with E-state index >= 15 is 0 Å². The van der Waals surface area contributed by atoms with Crippen LogP contribution in [-0.2, 0) is 22.6 Å². The van der Waals surface area contributed by atoms with Crippen molar-refractivity contribution in [1.29, 1.82) is 0 Å². The Kier molecular flexibility index (Phi) is 7.43. The predicted molar refractivity (Wildman–Crippen MR) is 97.1 cm³/mol. The largest absolute Gasteiger partial charge is 0.356 e. The van der Waals surface area contributed by atoms with Gasteiger partial charge in [0, 0.05) is 58.0 Å². The molecule has 0 saturated carbocycles. The number of carbonyl (C=O) groups excluding carboxylic acids is 2. The van der Waals surface area contributed by atoms with Gasteiger partial charge in [-0.15, -0.1) is 0 Å². The fourth-order valence-electron chi connectivity index (χ4n) is 3.13. The van der Waals surface area contributed by atoms with Crippen molar-refractivity contribution >= 4 is 11.8 Å². The molecule has 1 aliphatic rings. The molecule has 1 aromatic heterocycles. The third-order valence-corrected chi connectivity index (χ3v) is 4.68. The molecule has 25 heavy (non-hydrogen) atoms. The van der Waals surface area contributed by atoms with Crippen LogP contribution >= 0.6 is 0 Å². The lowest BCUT2D eigenvalue weighted by atomic mass is 9.96. The minimum atomic E-state index is -0.0840. The van der Waals surface area contributed by atoms with Gasteiger partial charge in [0.15, 0.2) is 0 Å². The van der Waals surface area contributed by atoms with Gasteiger partial charge >= 0.3 is 0 Å². The molecule has 1 saturated heterocycles. The lowest BCUT2D eigenvalue weighted by Gasteiger charge is -2.32. The number of hydrogen-bond acceptors (Lipinski definition) is 4. The zero-order valence-corrected chi connectivity index (χ0v) is 15.7. The standard InChI is InChI=1S/C18H31N5O2/c1-4-16-19-9-11-22(16)10-5-8-20-18(25)15-6-7-17(24)23(14-15)13-12-21(2)3/h9,11,15H,4-8,10,12-14H2,1-3H3,(H,20,25)/t15-/m0/s1. The van der Waals surface area contributed by atoms with E-state index in [2.05, 4.69) is 26.7 Å². The number of likely N-dealkylation sites (tertiary alicyclic amines) is 1. The Morgan fingerprint density at radius 1 is 1.40 bits per heavy atom. The highest BCUT2D eigenvalue weighted by atomic mass is 16.2. The average Bonchev–Trinajstić information content (AvgIpc) is 3.05. The van der Waals surface area contributed by atoms with Gasteiger partial charge in [-0.25, -0.2) is 4.98 Å². The van der Waals surface area contributed by atoms with Gasteiger partial charge in [0.25, 0.3) is 0 Å². The SMILES string of the molecule is CCc1nccn1CCCNC(=O)[C@H]1CCC(=O)N(CCN(C)C)C1. The third kappa shape index (κ3) is 5.85. The molecule has 1 atom stereocenters. The molecule has 0 unspecified atom stereocenters. The summed E-state index contributed by atoms with van der Waals surface area (Å²) in [6, 6.07) is 0. The summed E-state index contributed by atoms with van der Waals surface area (Å²) < 4.78 is 2.13. The summed E-state index contributed by atoms with van der Waals surface area (Å²) in [6.07, 6.45) is 6.73. The summed E-state index contributed by atoms with van der Waals surface area (Å²) in [5.41, 5.74) is 0. The Balaban J connectivity index is 1.72. The van der Waals surface area contributed by atoms with Gasteiger partial charge < -0.3 is 19.7 Å². The molecule has 140 valence electrons. The van der Waals surface area contributed by atoms with Gasteiger partial charge in [0.2, 0.25) is 11.8 Å². The van der Waals surface area contributed by atoms with Crippen molar-refractivity contribution < 1.29 is 9.59 Å². The molecule has 0 spiro atoms. The molecule has 1 N–H and O–H groups in total. The van der Waals surface area contributed by atoms with Crippen LogP contribution in [0.3, 0.4) is 0 Å². The fourth-order valence-corrected chi connectivity index (χ4v) is 3.13. The summed E-state index contributed by atoms with van der Waals surface area (Å²) in [4.78, 5) is 32.6. The van der Waals surface area contributed by atoms with Crippen molar-refractivity contribution in [3.05, 3.63) is 18.2 Å². The number of rotatable bonds is 9. The van der Waals surface area contributed by atoms with Crippen molar-refractivity contribution in [3.63, 3.8) is 0 Å². The first-order valence-electron chi connectivity index (χ1n) is 9.21. The maximum Gasteiger partial charge on any atom is 0.224 e. The smallest absolute Gasteiger partial charge is 0.224 e. The number of likely N-dealkylation sites (N-methyl/N-ethyl adjacent to an activating group) is 1. The quantitative estimate of drug-likeness (QED) is 0.668. The van der Waals surface area contributed by atoms with Gasteiger partial charge in [-0.1, -0.05) is 6.92 Å². The van der Waals surface area contributed by atoms with Crippen molar-refractivity contribution in [2.75, 3.05) is 40.3 Å². The number of aromatic nitrogens is 2. The van der Waals surface area contributed by atoms with Crippen LogP contribution in [0.1, 0.15) is 32.0 Å². The maximum absolute atomic E-state index is 12.4. The van der Waals surface area contributed by atoms with Gasteiger partial charge in [-0.3, -0.25) is 9.59 Å². The zero-order chi connectivity index (χ0) is 18.2. The number of nitrogens with zero attached hydrogens (tertiary/aromatic N) is 4. The van der Waals surface area contributed by atoms with Crippen molar-refractivity contribution in [3.8, 4) is 0 Å². The number of piperidine rings is 1. The summed E-state index contributed by atoms with van der Waals surface area (Å²) in [7, 11) is 3.98. The van der Waals surface area contributed by atoms with Crippen molar-refractivity contribution in [2.24, 2.45) is 5.92 Å². The number of carbonyl (C=O) groups is 2. The molecule has 1 aliphatic heterocycles. The second kappa shape index (κ2) is 9.56. The van der Waals surface area contributed by atoms with Crippen molar-refractivity contribution in [2.45, 2.75) is 39.2 Å². The maximum atomic E-state index is 12.4. The molecule has 2 amide bonds. The Hall–Kier alpha value is -1.89. The second-order valence-corrected chi connectivity index (χ2v) is 6.91. The van der Waals surface area contributed by atoms with E-state index in [9.17, 15) is 9.59 Å². The van der Waals surface area contributed by atoms with Crippen LogP contribution in [0.15, 0.2) is 12.4 Å². The Bertz CT molecular complexity index is 570. The van der Waals surface area contributed by atoms with Crippen LogP contribution in [0.5, 0.6) is 0 Å². The molecule has 1 fully saturated rings. The third-order valence-electron chi connectivity index (χ3n) is 4.68. The van der Waals surface area contributed by atoms with E-state index in [0.29, 0.717) is 32.5 Å². The molecular formula is C18H31N5O2. The number of nitrogens with one attached hydrogen (secondary N) is 1. The van der Waals surface area contributed by atoms with Gasteiger partial charge in [-0.2, -0.15) is 0 Å². The average molecular weight is 349 g/mol. The van der Waals surface area contributed by atoms with E-state index in [-0.39, 0.29) is 17.7 Å². The summed E-state index contributed by atoms with van der Waals surface area (Å²) in [6.45, 7) is 5.66. The topological polar surface area (TPSA) is 70.5 Å². The second-order valence-electron chi connectivity index (χ2n) is 6.91. The van der Waals surface area contributed by atoms with Crippen LogP contribution in [0, 0.1) is 5.92 Å². The number of aryl methyl sites for hydroxylation is 2. The lowest BCUT2D eigenvalue weighted by Crippen LogP contribution is -2.47. The molecular weight excluding hydrogens is 318 g/mol. The molecule has 7 nitrogen and oxygen atoms in total. The highest BCUT2D eigenvalue weighted by Gasteiger charge is 2.29. The number of imidazole rings is 1. The van der Waals surface area contributed by atoms with E-state index < -0.39 is 0 Å². The van der Waals surface area contributed by atoms with E-state index in [4.69, 9.17) is 0 Å². The van der Waals surface area contributed by atoms with Gasteiger partial charge in [0.05, 0.1) is 5.92 Å². The first-order valence-corrected chi connectivity index (χ1v) is 9.21. The van der Waals surface area contributed by atoms with E-state index in [0.717, 1.165) is 31.8 Å². The molecule has 0 aromatic carbocycles. The molecule has 0 aliphatic carbocycles. The molecule has 2 heterocycles. The van der Waals surface area contributed by atoms with E-state index in [1.54, 1.807) is 0 Å². The summed E-state index contributed by atoms with van der Waals surface area (Å²) in [5.74, 6) is 1.23. The molecule has 1 aromatic rings. The van der Waals surface area contributed by atoms with Crippen LogP contribution in [0.25, 0.3) is 0 Å². The number of hydrogen-bond donors (Lipinski definition) is 1. The van der Waals surface area contributed by atoms with Crippen molar-refractivity contribution in [1.82, 2.24) is 24.7 Å². The summed E-state index contributed by atoms with van der Waals surface area (Å²) in [5, 5.41) is 3.03. The Labute approximate surface area is 150 Å². The Morgan fingerprint density at radius 2 is 2.20 bits per heavy atom. The van der Waals surface area contributed by atoms with Crippen LogP contribution < -0.4 is 5.32 Å². The van der Waals surface area contributed by atoms with Crippen LogP contribution in [0.4, 0.5) is 0 Å². The molecule has 7 heteroatoms. The van der Waals surface area contributed by atoms with E-state index in [1.165, 1.54) is 0 Å². The van der Waals surface area contributed by atoms with Gasteiger partial charge in [0.1, 0.15) is 5.82 Å². The molecule has 0 bridgehead atoms. The Morgan fingerprint density at radius 3 is 2.92 bits per heavy atom. The zero-order valence-electron chi connectivity index (χ0n) is 15.7. The van der Waals surface area contributed by atoms with E-state index in [1.807, 2.05) is 31.4 Å². The van der Waals surface area contributed by atoms with Crippen LogP contribution in [0.2, 0.25) is 0 Å². The van der Waals surface area contributed by atoms with Gasteiger partial charge in [-0.05, 0) is 26.9 Å². The lowest BCUT2D eigenvalue weighted by molar-refractivity contribution is -0.138. The number of amides is 2. The molecule has 2 rings (SSSR count). The normalized spacial score (nSPS) is 18.0. The predicted octanol–water partition coefficient (Wildman–Crippen LogP) is 0.752.